The first-order valence-corrected chi connectivity index (χ1v) is 6.01. The predicted molar refractivity (Wildman–Crippen MR) is 66.7 cm³/mol. The van der Waals surface area contributed by atoms with Gasteiger partial charge in [0.15, 0.2) is 0 Å². The second kappa shape index (κ2) is 3.87. The summed E-state index contributed by atoms with van der Waals surface area (Å²) in [7, 11) is 0. The van der Waals surface area contributed by atoms with E-state index >= 15 is 0 Å². The molecular formula is C13H16N4. The number of nitrogens with zero attached hydrogens (tertiary/aromatic N) is 3. The summed E-state index contributed by atoms with van der Waals surface area (Å²) in [6.45, 7) is 2.10. The molecule has 4 heteroatoms. The van der Waals surface area contributed by atoms with Crippen LogP contribution in [0.5, 0.6) is 0 Å². The summed E-state index contributed by atoms with van der Waals surface area (Å²) in [6.07, 6.45) is 3.24. The predicted octanol–water partition coefficient (Wildman–Crippen LogP) is 2.09. The van der Waals surface area contributed by atoms with Gasteiger partial charge in [-0.25, -0.2) is 4.68 Å². The van der Waals surface area contributed by atoms with Crippen molar-refractivity contribution in [2.45, 2.75) is 32.2 Å². The number of nitrogens with two attached hydrogens (primary N) is 1. The van der Waals surface area contributed by atoms with Crippen LogP contribution in [0.4, 0.5) is 5.95 Å². The largest absolute Gasteiger partial charge is 0.366 e. The highest BCUT2D eigenvalue weighted by atomic mass is 15.4. The molecule has 0 amide bonds. The van der Waals surface area contributed by atoms with E-state index in [1.807, 2.05) is 4.68 Å². The summed E-state index contributed by atoms with van der Waals surface area (Å²) < 4.78 is 1.99. The summed E-state index contributed by atoms with van der Waals surface area (Å²) in [4.78, 5) is 4.27. The van der Waals surface area contributed by atoms with Crippen molar-refractivity contribution in [2.75, 3.05) is 5.73 Å². The van der Waals surface area contributed by atoms with E-state index in [4.69, 9.17) is 5.73 Å². The maximum absolute atomic E-state index is 5.68. The average Bonchev–Trinajstić information content (AvgIpc) is 2.70. The van der Waals surface area contributed by atoms with Crippen LogP contribution in [0.3, 0.4) is 0 Å². The quantitative estimate of drug-likeness (QED) is 0.813. The number of fused-ring (bicyclic) bond motifs is 1. The first-order chi connectivity index (χ1) is 8.24. The Hall–Kier alpha value is -1.84. The average molecular weight is 228 g/mol. The van der Waals surface area contributed by atoms with Gasteiger partial charge in [0.25, 0.3) is 0 Å². The second-order valence-electron chi connectivity index (χ2n) is 4.65. The van der Waals surface area contributed by atoms with Crippen molar-refractivity contribution in [2.24, 2.45) is 0 Å². The van der Waals surface area contributed by atoms with Crippen LogP contribution >= 0.6 is 0 Å². The van der Waals surface area contributed by atoms with Gasteiger partial charge in [-0.05, 0) is 25.3 Å². The molecule has 0 radical (unpaired) electrons. The Morgan fingerprint density at radius 1 is 1.29 bits per heavy atom. The van der Waals surface area contributed by atoms with Gasteiger partial charge < -0.3 is 5.73 Å². The maximum Gasteiger partial charge on any atom is 0.239 e. The van der Waals surface area contributed by atoms with Gasteiger partial charge >= 0.3 is 0 Å². The molecule has 3 rings (SSSR count). The van der Waals surface area contributed by atoms with Crippen molar-refractivity contribution in [3.05, 3.63) is 41.2 Å². The van der Waals surface area contributed by atoms with Crippen molar-refractivity contribution in [1.82, 2.24) is 14.8 Å². The minimum atomic E-state index is 0.296. The van der Waals surface area contributed by atoms with Crippen LogP contribution in [0, 0.1) is 6.92 Å². The van der Waals surface area contributed by atoms with E-state index in [0.717, 1.165) is 25.1 Å². The zero-order chi connectivity index (χ0) is 11.8. The Morgan fingerprint density at radius 3 is 2.82 bits per heavy atom. The lowest BCUT2D eigenvalue weighted by atomic mass is 9.97. The van der Waals surface area contributed by atoms with Gasteiger partial charge in [-0.3, -0.25) is 0 Å². The van der Waals surface area contributed by atoms with E-state index in [2.05, 4.69) is 41.3 Å². The summed E-state index contributed by atoms with van der Waals surface area (Å²) in [5, 5.41) is 4.31. The van der Waals surface area contributed by atoms with Gasteiger partial charge in [0.2, 0.25) is 5.95 Å². The smallest absolute Gasteiger partial charge is 0.239 e. The van der Waals surface area contributed by atoms with Gasteiger partial charge in [0, 0.05) is 6.42 Å². The molecule has 1 unspecified atom stereocenters. The van der Waals surface area contributed by atoms with Crippen LogP contribution in [0.25, 0.3) is 0 Å². The van der Waals surface area contributed by atoms with Crippen molar-refractivity contribution in [3.8, 4) is 0 Å². The molecule has 2 aromatic rings. The number of aromatic nitrogens is 3. The summed E-state index contributed by atoms with van der Waals surface area (Å²) in [6, 6.07) is 8.93. The molecule has 4 nitrogen and oxygen atoms in total. The van der Waals surface area contributed by atoms with Crippen LogP contribution in [0.2, 0.25) is 0 Å². The van der Waals surface area contributed by atoms with Crippen LogP contribution in [-0.2, 0) is 6.42 Å². The molecule has 1 aromatic carbocycles. The van der Waals surface area contributed by atoms with Gasteiger partial charge in [0.05, 0.1) is 6.04 Å². The van der Waals surface area contributed by atoms with Crippen LogP contribution in [0.1, 0.15) is 35.8 Å². The molecule has 88 valence electrons. The molecule has 0 bridgehead atoms. The lowest BCUT2D eigenvalue weighted by Gasteiger charge is -2.23. The molecule has 2 N–H and O–H groups in total. The summed E-state index contributed by atoms with van der Waals surface area (Å²) in [5.74, 6) is 1.40. The van der Waals surface area contributed by atoms with Crippen LogP contribution < -0.4 is 5.73 Å². The highest BCUT2D eigenvalue weighted by Gasteiger charge is 2.23. The number of hydrogen-bond donors (Lipinski definition) is 1. The lowest BCUT2D eigenvalue weighted by Crippen LogP contribution is -2.20. The fraction of sp³-hybridized carbons (Fsp3) is 0.385. The first-order valence-electron chi connectivity index (χ1n) is 6.01. The monoisotopic (exact) mass is 228 g/mol. The fourth-order valence-corrected chi connectivity index (χ4v) is 2.47. The second-order valence-corrected chi connectivity index (χ2v) is 4.65. The Bertz CT molecular complexity index is 527. The number of hydrogen-bond acceptors (Lipinski definition) is 3. The summed E-state index contributed by atoms with van der Waals surface area (Å²) >= 11 is 0. The lowest BCUT2D eigenvalue weighted by molar-refractivity contribution is 0.412. The third-order valence-corrected chi connectivity index (χ3v) is 3.35. The molecule has 17 heavy (non-hydrogen) atoms. The van der Waals surface area contributed by atoms with Crippen LogP contribution in [-0.4, -0.2) is 14.8 Å². The van der Waals surface area contributed by atoms with E-state index in [-0.39, 0.29) is 0 Å². The topological polar surface area (TPSA) is 56.7 Å². The zero-order valence-corrected chi connectivity index (χ0v) is 9.93. The Kier molecular flexibility index (Phi) is 2.35. The van der Waals surface area contributed by atoms with Gasteiger partial charge in [-0.15, -0.1) is 5.10 Å². The number of benzene rings is 1. The van der Waals surface area contributed by atoms with Crippen molar-refractivity contribution in [1.29, 1.82) is 0 Å². The number of anilines is 1. The summed E-state index contributed by atoms with van der Waals surface area (Å²) in [5.41, 5.74) is 8.25. The molecule has 0 saturated carbocycles. The fourth-order valence-electron chi connectivity index (χ4n) is 2.47. The van der Waals surface area contributed by atoms with Crippen molar-refractivity contribution < 1.29 is 0 Å². The molecule has 2 heterocycles. The van der Waals surface area contributed by atoms with E-state index in [1.54, 1.807) is 0 Å². The molecule has 1 aromatic heterocycles. The maximum atomic E-state index is 5.68. The highest BCUT2D eigenvalue weighted by molar-refractivity contribution is 5.26. The molecule has 0 aliphatic carbocycles. The molecule has 0 fully saturated rings. The van der Waals surface area contributed by atoms with Crippen molar-refractivity contribution >= 4 is 5.95 Å². The minimum Gasteiger partial charge on any atom is -0.366 e. The Labute approximate surface area is 100 Å². The molecule has 0 saturated heterocycles. The molecule has 1 aliphatic heterocycles. The standard InChI is InChI=1S/C13H16N4/c1-9-5-7-10(8-6-9)11-3-2-4-12-15-13(14)16-17(11)12/h5-8,11H,2-4H2,1H3,(H2,14,16). The van der Waals surface area contributed by atoms with E-state index in [0.29, 0.717) is 12.0 Å². The number of nitrogen functional groups attached to an aromatic ring is 1. The Morgan fingerprint density at radius 2 is 2.06 bits per heavy atom. The molecule has 1 atom stereocenters. The molecular weight excluding hydrogens is 212 g/mol. The Balaban J connectivity index is 2.02. The third-order valence-electron chi connectivity index (χ3n) is 3.35. The molecule has 1 aliphatic rings. The van der Waals surface area contributed by atoms with E-state index in [1.165, 1.54) is 11.1 Å². The van der Waals surface area contributed by atoms with Gasteiger partial charge in [-0.1, -0.05) is 29.8 Å². The first kappa shape index (κ1) is 10.3. The number of aryl methyl sites for hydroxylation is 2. The van der Waals surface area contributed by atoms with E-state index < -0.39 is 0 Å². The van der Waals surface area contributed by atoms with Gasteiger partial charge in [-0.2, -0.15) is 4.98 Å². The SMILES string of the molecule is Cc1ccc(C2CCCc3nc(N)nn32)cc1. The van der Waals surface area contributed by atoms with Crippen LogP contribution in [0.15, 0.2) is 24.3 Å². The van der Waals surface area contributed by atoms with E-state index in [9.17, 15) is 0 Å². The highest BCUT2D eigenvalue weighted by Crippen LogP contribution is 2.29. The third kappa shape index (κ3) is 1.79. The normalized spacial score (nSPS) is 19.0. The zero-order valence-electron chi connectivity index (χ0n) is 9.93. The minimum absolute atomic E-state index is 0.296. The van der Waals surface area contributed by atoms with Gasteiger partial charge in [0.1, 0.15) is 5.82 Å². The van der Waals surface area contributed by atoms with Crippen molar-refractivity contribution in [3.63, 3.8) is 0 Å². The molecule has 0 spiro atoms. The number of rotatable bonds is 1.